The van der Waals surface area contributed by atoms with Gasteiger partial charge in [-0.25, -0.2) is 4.90 Å². The predicted molar refractivity (Wildman–Crippen MR) is 128 cm³/mol. The van der Waals surface area contributed by atoms with Gasteiger partial charge in [0, 0.05) is 27.7 Å². The van der Waals surface area contributed by atoms with E-state index in [1.54, 1.807) is 30.1 Å². The van der Waals surface area contributed by atoms with Gasteiger partial charge in [-0.2, -0.15) is 0 Å². The highest BCUT2D eigenvalue weighted by Crippen LogP contribution is 2.40. The van der Waals surface area contributed by atoms with Crippen LogP contribution in [0.4, 0.5) is 11.4 Å². The van der Waals surface area contributed by atoms with Gasteiger partial charge in [-0.15, -0.1) is 0 Å². The fourth-order valence-corrected chi connectivity index (χ4v) is 4.82. The summed E-state index contributed by atoms with van der Waals surface area (Å²) in [6.07, 6.45) is 0. The van der Waals surface area contributed by atoms with Gasteiger partial charge >= 0.3 is 0 Å². The van der Waals surface area contributed by atoms with E-state index < -0.39 is 11.8 Å². The van der Waals surface area contributed by atoms with Crippen molar-refractivity contribution in [2.45, 2.75) is 11.8 Å². The highest BCUT2D eigenvalue weighted by molar-refractivity contribution is 8.04. The molecule has 0 radical (unpaired) electrons. The number of likely N-dealkylation sites (N-methyl/N-ethyl adjacent to an activating group) is 1. The van der Waals surface area contributed by atoms with Gasteiger partial charge in [0.15, 0.2) is 0 Å². The molecule has 0 saturated carbocycles. The highest BCUT2D eigenvalue weighted by Gasteiger charge is 2.42. The van der Waals surface area contributed by atoms with Crippen LogP contribution in [0.5, 0.6) is 0 Å². The van der Waals surface area contributed by atoms with Crippen LogP contribution < -0.4 is 9.80 Å². The first-order valence-corrected chi connectivity index (χ1v) is 11.0. The number of imide groups is 1. The lowest BCUT2D eigenvalue weighted by Gasteiger charge is -2.21. The van der Waals surface area contributed by atoms with Crippen molar-refractivity contribution in [2.75, 3.05) is 16.8 Å². The molecule has 0 aromatic heterocycles. The van der Waals surface area contributed by atoms with Crippen LogP contribution in [-0.2, 0) is 9.59 Å². The Balaban J connectivity index is 1.81. The lowest BCUT2D eigenvalue weighted by Crippen LogP contribution is -2.34. The number of hydrogen-bond acceptors (Lipinski definition) is 4. The summed E-state index contributed by atoms with van der Waals surface area (Å²) in [5.74, 6) is -0.837. The van der Waals surface area contributed by atoms with Crippen molar-refractivity contribution in [3.63, 3.8) is 0 Å². The van der Waals surface area contributed by atoms with Crippen molar-refractivity contribution < 1.29 is 9.59 Å². The van der Waals surface area contributed by atoms with Crippen LogP contribution in [0.25, 0.3) is 0 Å². The van der Waals surface area contributed by atoms with Crippen molar-refractivity contribution in [2.24, 2.45) is 0 Å². The maximum atomic E-state index is 13.5. The van der Waals surface area contributed by atoms with Crippen LogP contribution in [0.3, 0.4) is 0 Å². The molecule has 4 rings (SSSR count). The summed E-state index contributed by atoms with van der Waals surface area (Å²) >= 11 is 13.5. The Morgan fingerprint density at radius 2 is 1.45 bits per heavy atom. The molecule has 1 aliphatic rings. The number of anilines is 2. The zero-order chi connectivity index (χ0) is 22.1. The number of halogens is 2. The molecular formula is C24H18Cl2N2O2S. The van der Waals surface area contributed by atoms with E-state index in [1.807, 2.05) is 61.5 Å². The summed E-state index contributed by atoms with van der Waals surface area (Å²) in [6, 6.07) is 21.9. The summed E-state index contributed by atoms with van der Waals surface area (Å²) in [7, 11) is 1.78. The van der Waals surface area contributed by atoms with E-state index in [0.29, 0.717) is 26.3 Å². The molecule has 0 N–H and O–H groups in total. The number of thioether (sulfide) groups is 1. The van der Waals surface area contributed by atoms with E-state index in [2.05, 4.69) is 0 Å². The average Bonchev–Trinajstić information content (AvgIpc) is 2.98. The molecule has 0 atom stereocenters. The Bertz CT molecular complexity index is 1170. The molecule has 31 heavy (non-hydrogen) atoms. The van der Waals surface area contributed by atoms with E-state index in [4.69, 9.17) is 23.2 Å². The van der Waals surface area contributed by atoms with Crippen LogP contribution in [0.15, 0.2) is 88.3 Å². The molecule has 0 bridgehead atoms. The molecular weight excluding hydrogens is 451 g/mol. The second-order valence-corrected chi connectivity index (χ2v) is 9.02. The Morgan fingerprint density at radius 1 is 0.839 bits per heavy atom. The SMILES string of the molecule is Cc1ccc(SC2=C(N(C)c3ccccc3)C(=O)N(c3cc(Cl)cc(Cl)c3)C2=O)cc1. The summed E-state index contributed by atoms with van der Waals surface area (Å²) in [6.45, 7) is 2.00. The van der Waals surface area contributed by atoms with Gasteiger partial charge in [0.05, 0.1) is 5.69 Å². The fourth-order valence-electron chi connectivity index (χ4n) is 3.29. The number of carbonyl (C=O) groups excluding carboxylic acids is 2. The lowest BCUT2D eigenvalue weighted by molar-refractivity contribution is -0.120. The Kier molecular flexibility index (Phi) is 6.10. The molecule has 3 aromatic rings. The first-order valence-electron chi connectivity index (χ1n) is 9.47. The molecule has 1 heterocycles. The monoisotopic (exact) mass is 468 g/mol. The number of hydrogen-bond donors (Lipinski definition) is 0. The summed E-state index contributed by atoms with van der Waals surface area (Å²) in [4.78, 5) is 31.1. The number of amides is 2. The number of carbonyl (C=O) groups is 2. The van der Waals surface area contributed by atoms with Gasteiger partial charge in [0.2, 0.25) is 0 Å². The van der Waals surface area contributed by atoms with Crippen molar-refractivity contribution in [3.8, 4) is 0 Å². The van der Waals surface area contributed by atoms with E-state index in [1.165, 1.54) is 11.8 Å². The molecule has 0 unspecified atom stereocenters. The molecule has 0 aliphatic carbocycles. The zero-order valence-corrected chi connectivity index (χ0v) is 19.1. The van der Waals surface area contributed by atoms with Crippen LogP contribution in [0.1, 0.15) is 5.56 Å². The third-order valence-corrected chi connectivity index (χ3v) is 6.36. The fraction of sp³-hybridized carbons (Fsp3) is 0.0833. The summed E-state index contributed by atoms with van der Waals surface area (Å²) in [5.41, 5.74) is 2.56. The van der Waals surface area contributed by atoms with Crippen molar-refractivity contribution in [3.05, 3.63) is 99.0 Å². The van der Waals surface area contributed by atoms with E-state index in [9.17, 15) is 9.59 Å². The molecule has 0 spiro atoms. The van der Waals surface area contributed by atoms with Crippen LogP contribution in [-0.4, -0.2) is 18.9 Å². The minimum absolute atomic E-state index is 0.304. The number of aryl methyl sites for hydroxylation is 1. The molecule has 4 nitrogen and oxygen atoms in total. The topological polar surface area (TPSA) is 40.6 Å². The standard InChI is InChI=1S/C24H18Cl2N2O2S/c1-15-8-10-20(11-9-15)31-22-21(27(2)18-6-4-3-5-7-18)23(29)28(24(22)30)19-13-16(25)12-17(26)14-19/h3-14H,1-2H3. The van der Waals surface area contributed by atoms with Crippen LogP contribution in [0, 0.1) is 6.92 Å². The zero-order valence-electron chi connectivity index (χ0n) is 16.8. The van der Waals surface area contributed by atoms with Gasteiger partial charge in [-0.3, -0.25) is 9.59 Å². The Hall–Kier alpha value is -2.73. The average molecular weight is 469 g/mol. The van der Waals surface area contributed by atoms with E-state index >= 15 is 0 Å². The highest BCUT2D eigenvalue weighted by atomic mass is 35.5. The molecule has 0 saturated heterocycles. The van der Waals surface area contributed by atoms with Crippen molar-refractivity contribution in [1.29, 1.82) is 0 Å². The molecule has 7 heteroatoms. The van der Waals surface area contributed by atoms with Crippen molar-refractivity contribution in [1.82, 2.24) is 0 Å². The van der Waals surface area contributed by atoms with Gasteiger partial charge in [-0.05, 0) is 49.4 Å². The van der Waals surface area contributed by atoms with Crippen LogP contribution >= 0.6 is 35.0 Å². The van der Waals surface area contributed by atoms with E-state index in [-0.39, 0.29) is 0 Å². The molecule has 0 fully saturated rings. The third kappa shape index (κ3) is 4.35. The first-order chi connectivity index (χ1) is 14.8. The minimum Gasteiger partial charge on any atom is -0.339 e. The number of benzene rings is 3. The van der Waals surface area contributed by atoms with Crippen LogP contribution in [0.2, 0.25) is 10.0 Å². The predicted octanol–water partition coefficient (Wildman–Crippen LogP) is 6.32. The number of para-hydroxylation sites is 1. The largest absolute Gasteiger partial charge is 0.339 e. The maximum absolute atomic E-state index is 13.5. The number of rotatable bonds is 5. The molecule has 156 valence electrons. The van der Waals surface area contributed by atoms with Gasteiger partial charge in [-0.1, -0.05) is 70.9 Å². The van der Waals surface area contributed by atoms with E-state index in [0.717, 1.165) is 21.0 Å². The van der Waals surface area contributed by atoms with Gasteiger partial charge in [0.1, 0.15) is 10.6 Å². The molecule has 1 aliphatic heterocycles. The quantitative estimate of drug-likeness (QED) is 0.411. The second-order valence-electron chi connectivity index (χ2n) is 7.06. The Labute approximate surface area is 195 Å². The third-order valence-electron chi connectivity index (χ3n) is 4.84. The lowest BCUT2D eigenvalue weighted by atomic mass is 10.2. The first kappa shape index (κ1) is 21.5. The second kappa shape index (κ2) is 8.79. The normalized spacial score (nSPS) is 13.9. The Morgan fingerprint density at radius 3 is 2.06 bits per heavy atom. The maximum Gasteiger partial charge on any atom is 0.283 e. The number of nitrogens with zero attached hydrogens (tertiary/aromatic N) is 2. The van der Waals surface area contributed by atoms with Gasteiger partial charge in [0.25, 0.3) is 11.8 Å². The van der Waals surface area contributed by atoms with Crippen molar-refractivity contribution >= 4 is 58.2 Å². The van der Waals surface area contributed by atoms with Gasteiger partial charge < -0.3 is 4.90 Å². The summed E-state index contributed by atoms with van der Waals surface area (Å²) in [5, 5.41) is 0.696. The molecule has 3 aromatic carbocycles. The smallest absolute Gasteiger partial charge is 0.283 e. The molecule has 2 amide bonds. The summed E-state index contributed by atoms with van der Waals surface area (Å²) < 4.78 is 0. The minimum atomic E-state index is -0.427.